The molecule has 1 spiro atoms. The molecule has 0 N–H and O–H groups in total. The van der Waals surface area contributed by atoms with Crippen LogP contribution in [0.4, 0.5) is 5.69 Å². The summed E-state index contributed by atoms with van der Waals surface area (Å²) in [4.78, 5) is 22.6. The van der Waals surface area contributed by atoms with Gasteiger partial charge in [-0.1, -0.05) is 51.0 Å². The van der Waals surface area contributed by atoms with Crippen LogP contribution in [0.25, 0.3) is 0 Å². The number of nitrogens with zero attached hydrogens (tertiary/aromatic N) is 3. The molecular weight excluding hydrogens is 422 g/mol. The molecule has 0 bridgehead atoms. The second-order valence-corrected chi connectivity index (χ2v) is 8.40. The maximum absolute atomic E-state index is 12.8. The molecule has 4 rings (SSSR count). The van der Waals surface area contributed by atoms with Crippen molar-refractivity contribution >= 4 is 34.7 Å². The van der Waals surface area contributed by atoms with Crippen LogP contribution in [-0.2, 0) is 10.6 Å². The minimum Gasteiger partial charge on any atom is -0.497 e. The zero-order valence-corrected chi connectivity index (χ0v) is 19.7. The average Bonchev–Trinajstić information content (AvgIpc) is 3.27. The van der Waals surface area contributed by atoms with Crippen LogP contribution >= 0.6 is 12.2 Å². The maximum Gasteiger partial charge on any atom is 0.342 e. The van der Waals surface area contributed by atoms with Gasteiger partial charge >= 0.3 is 11.8 Å². The van der Waals surface area contributed by atoms with Gasteiger partial charge in [-0.2, -0.15) is 4.99 Å². The van der Waals surface area contributed by atoms with Gasteiger partial charge in [-0.3, -0.25) is 4.90 Å². The number of hydrogen-bond acceptors (Lipinski definition) is 6. The van der Waals surface area contributed by atoms with Gasteiger partial charge in [0.1, 0.15) is 5.75 Å². The molecule has 1 unspecified atom stereocenters. The Morgan fingerprint density at radius 1 is 1.06 bits per heavy atom. The van der Waals surface area contributed by atoms with Crippen LogP contribution in [0.2, 0.25) is 0 Å². The van der Waals surface area contributed by atoms with Gasteiger partial charge in [-0.05, 0) is 49.2 Å². The third kappa shape index (κ3) is 3.75. The zero-order valence-electron chi connectivity index (χ0n) is 18.8. The highest BCUT2D eigenvalue weighted by molar-refractivity contribution is 7.82. The average molecular weight is 452 g/mol. The first kappa shape index (κ1) is 22.3. The van der Waals surface area contributed by atoms with Crippen molar-refractivity contribution in [1.29, 1.82) is 0 Å². The Bertz CT molecular complexity index is 1030. The second kappa shape index (κ2) is 9.28. The molecule has 0 amide bonds. The Balaban J connectivity index is 1.84. The lowest BCUT2D eigenvalue weighted by molar-refractivity contribution is 0.00266. The van der Waals surface area contributed by atoms with Gasteiger partial charge in [0, 0.05) is 18.8 Å². The first-order chi connectivity index (χ1) is 15.6. The van der Waals surface area contributed by atoms with Gasteiger partial charge in [0.2, 0.25) is 0 Å². The fraction of sp³-hybridized carbons (Fsp3) is 0.400. The molecule has 0 saturated heterocycles. The number of carbonyl (C=O) groups excluding carboxylic acids is 1. The van der Waals surface area contributed by atoms with Crippen molar-refractivity contribution in [3.8, 4) is 5.75 Å². The van der Waals surface area contributed by atoms with Gasteiger partial charge in [-0.15, -0.1) is 0 Å². The van der Waals surface area contributed by atoms with E-state index in [1.165, 1.54) is 0 Å². The Kier molecular flexibility index (Phi) is 6.46. The second-order valence-electron chi connectivity index (χ2n) is 8.01. The fourth-order valence-corrected chi connectivity index (χ4v) is 4.57. The summed E-state index contributed by atoms with van der Waals surface area (Å²) in [5.74, 6) is -0.265. The quantitative estimate of drug-likeness (QED) is 0.410. The molecule has 0 saturated carbocycles. The van der Waals surface area contributed by atoms with Crippen molar-refractivity contribution in [2.24, 2.45) is 4.99 Å². The van der Waals surface area contributed by atoms with Crippen molar-refractivity contribution in [1.82, 2.24) is 4.90 Å². The third-order valence-electron chi connectivity index (χ3n) is 5.88. The summed E-state index contributed by atoms with van der Waals surface area (Å²) in [6, 6.07) is 15.0. The molecule has 0 radical (unpaired) electrons. The normalized spacial score (nSPS) is 19.2. The lowest BCUT2D eigenvalue weighted by Gasteiger charge is -2.33. The number of anilines is 1. The summed E-state index contributed by atoms with van der Waals surface area (Å²) in [5, 5.41) is 0. The Morgan fingerprint density at radius 3 is 2.34 bits per heavy atom. The molecular formula is C25H29N3O3S. The maximum atomic E-state index is 12.8. The Hall–Kier alpha value is -2.93. The molecule has 2 heterocycles. The first-order valence-corrected chi connectivity index (χ1v) is 11.6. The molecule has 2 aliphatic heterocycles. The number of ether oxygens (including phenoxy) is 2. The summed E-state index contributed by atoms with van der Waals surface area (Å²) in [5.41, 5.74) is 2.03. The molecule has 6 nitrogen and oxygen atoms in total. The molecule has 168 valence electrons. The first-order valence-electron chi connectivity index (χ1n) is 11.2. The van der Waals surface area contributed by atoms with Gasteiger partial charge in [0.15, 0.2) is 10.8 Å². The number of aliphatic imine (C=N–C) groups is 1. The van der Waals surface area contributed by atoms with E-state index in [-0.39, 0.29) is 5.97 Å². The molecule has 2 aliphatic rings. The SMILES string of the molecule is CCCCN(CCCC)C1=NC2(OC(=O)c3ccccc32)N(c2ccc(OC)cc2)C1=S. The van der Waals surface area contributed by atoms with E-state index in [9.17, 15) is 4.79 Å². The number of thiocarbonyl (C=S) groups is 1. The van der Waals surface area contributed by atoms with E-state index in [0.717, 1.165) is 50.2 Å². The van der Waals surface area contributed by atoms with Crippen LogP contribution in [0.5, 0.6) is 5.75 Å². The highest BCUT2D eigenvalue weighted by atomic mass is 32.1. The van der Waals surface area contributed by atoms with Crippen LogP contribution in [0.15, 0.2) is 53.5 Å². The van der Waals surface area contributed by atoms with Gasteiger partial charge in [-0.25, -0.2) is 4.79 Å². The molecule has 2 aromatic carbocycles. The fourth-order valence-electron chi connectivity index (χ4n) is 4.16. The largest absolute Gasteiger partial charge is 0.497 e. The highest BCUT2D eigenvalue weighted by Crippen LogP contribution is 2.47. The lowest BCUT2D eigenvalue weighted by atomic mass is 10.0. The number of rotatable bonds is 8. The summed E-state index contributed by atoms with van der Waals surface area (Å²) in [6.07, 6.45) is 4.23. The predicted molar refractivity (Wildman–Crippen MR) is 130 cm³/mol. The minimum atomic E-state index is -1.33. The summed E-state index contributed by atoms with van der Waals surface area (Å²) in [6.45, 7) is 6.06. The topological polar surface area (TPSA) is 54.4 Å². The number of methoxy groups -OCH3 is 1. The van der Waals surface area contributed by atoms with E-state index in [0.29, 0.717) is 22.0 Å². The number of fused-ring (bicyclic) bond motifs is 2. The van der Waals surface area contributed by atoms with Crippen LogP contribution in [0.3, 0.4) is 0 Å². The Morgan fingerprint density at radius 2 is 1.72 bits per heavy atom. The zero-order chi connectivity index (χ0) is 22.7. The van der Waals surface area contributed by atoms with E-state index < -0.39 is 5.85 Å². The molecule has 32 heavy (non-hydrogen) atoms. The number of amidine groups is 1. The number of hydrogen-bond donors (Lipinski definition) is 0. The molecule has 1 atom stereocenters. The highest BCUT2D eigenvalue weighted by Gasteiger charge is 2.57. The number of benzene rings is 2. The van der Waals surface area contributed by atoms with Crippen molar-refractivity contribution in [3.63, 3.8) is 0 Å². The van der Waals surface area contributed by atoms with Crippen molar-refractivity contribution < 1.29 is 14.3 Å². The van der Waals surface area contributed by atoms with E-state index in [2.05, 4.69) is 18.7 Å². The molecule has 7 heteroatoms. The summed E-state index contributed by atoms with van der Waals surface area (Å²) in [7, 11) is 1.63. The summed E-state index contributed by atoms with van der Waals surface area (Å²) < 4.78 is 11.3. The predicted octanol–water partition coefficient (Wildman–Crippen LogP) is 5.12. The monoisotopic (exact) mass is 451 g/mol. The van der Waals surface area contributed by atoms with Gasteiger partial charge in [0.05, 0.1) is 18.2 Å². The van der Waals surface area contributed by atoms with E-state index in [1.807, 2.05) is 47.4 Å². The van der Waals surface area contributed by atoms with E-state index in [1.54, 1.807) is 13.2 Å². The van der Waals surface area contributed by atoms with E-state index in [4.69, 9.17) is 26.7 Å². The molecule has 0 aromatic heterocycles. The van der Waals surface area contributed by atoms with E-state index >= 15 is 0 Å². The number of esters is 1. The lowest BCUT2D eigenvalue weighted by Crippen LogP contribution is -2.46. The Labute approximate surface area is 194 Å². The van der Waals surface area contributed by atoms with Crippen LogP contribution < -0.4 is 9.64 Å². The number of unbranched alkanes of at least 4 members (excludes halogenated alkanes) is 2. The van der Waals surface area contributed by atoms with Crippen LogP contribution in [0, 0.1) is 0 Å². The summed E-state index contributed by atoms with van der Waals surface area (Å²) >= 11 is 5.99. The van der Waals surface area contributed by atoms with Crippen LogP contribution in [-0.4, -0.2) is 41.9 Å². The standard InChI is InChI=1S/C25H29N3O3S/c1-4-6-16-27(17-7-5-2)22-23(32)28(18-12-14-19(30-3)15-13-18)25(26-22)21-11-9-8-10-20(21)24(29)31-25/h8-15H,4-7,16-17H2,1-3H3. The van der Waals surface area contributed by atoms with Crippen molar-refractivity contribution in [3.05, 3.63) is 59.7 Å². The minimum absolute atomic E-state index is 0.388. The third-order valence-corrected chi connectivity index (χ3v) is 6.25. The van der Waals surface area contributed by atoms with Crippen LogP contribution in [0.1, 0.15) is 55.5 Å². The molecule has 2 aromatic rings. The van der Waals surface area contributed by atoms with Crippen molar-refractivity contribution in [2.45, 2.75) is 45.4 Å². The van der Waals surface area contributed by atoms with Crippen molar-refractivity contribution in [2.75, 3.05) is 25.1 Å². The molecule has 0 aliphatic carbocycles. The number of carbonyl (C=O) groups is 1. The molecule has 0 fully saturated rings. The van der Waals surface area contributed by atoms with Gasteiger partial charge in [0.25, 0.3) is 0 Å². The smallest absolute Gasteiger partial charge is 0.342 e. The van der Waals surface area contributed by atoms with Gasteiger partial charge < -0.3 is 14.4 Å².